The Bertz CT molecular complexity index is 462. The Morgan fingerprint density at radius 3 is 2.74 bits per heavy atom. The number of ether oxygens (including phenoxy) is 4. The molecule has 2 aliphatic heterocycles. The molecule has 19 heavy (non-hydrogen) atoms. The predicted octanol–water partition coefficient (Wildman–Crippen LogP) is 0.862. The molecule has 0 saturated carbocycles. The summed E-state index contributed by atoms with van der Waals surface area (Å²) in [4.78, 5) is 1.62. The number of aryl methyl sites for hydroxylation is 1. The first kappa shape index (κ1) is 13.0. The minimum Gasteiger partial charge on any atom is -0.353 e. The van der Waals surface area contributed by atoms with E-state index in [0.717, 1.165) is 12.2 Å². The van der Waals surface area contributed by atoms with Crippen LogP contribution in [0.2, 0.25) is 0 Å². The summed E-state index contributed by atoms with van der Waals surface area (Å²) in [5, 5.41) is 8.55. The first-order valence-corrected chi connectivity index (χ1v) is 6.48. The van der Waals surface area contributed by atoms with Crippen LogP contribution in [0.4, 0.5) is 0 Å². The van der Waals surface area contributed by atoms with Crippen molar-refractivity contribution in [1.82, 2.24) is 15.0 Å². The highest BCUT2D eigenvalue weighted by Crippen LogP contribution is 2.44. The van der Waals surface area contributed by atoms with Crippen LogP contribution in [0.5, 0.6) is 0 Å². The van der Waals surface area contributed by atoms with Crippen molar-refractivity contribution in [2.24, 2.45) is 0 Å². The van der Waals surface area contributed by atoms with Gasteiger partial charge in [-0.25, -0.2) is 0 Å². The van der Waals surface area contributed by atoms with E-state index in [1.165, 1.54) is 0 Å². The summed E-state index contributed by atoms with van der Waals surface area (Å²) in [5.41, 5.74) is 0.748. The molecule has 7 heteroatoms. The lowest BCUT2D eigenvalue weighted by molar-refractivity contribution is -0.228. The molecule has 1 aromatic rings. The van der Waals surface area contributed by atoms with Gasteiger partial charge in [-0.05, 0) is 20.8 Å². The number of nitrogens with zero attached hydrogens (tertiary/aromatic N) is 3. The molecule has 4 atom stereocenters. The maximum Gasteiger partial charge on any atom is 0.187 e. The molecular weight excluding hydrogens is 250 g/mol. The highest BCUT2D eigenvalue weighted by atomic mass is 16.8. The number of hydrogen-bond acceptors (Lipinski definition) is 6. The van der Waals surface area contributed by atoms with Crippen molar-refractivity contribution in [2.75, 3.05) is 7.11 Å². The number of rotatable bonds is 3. The van der Waals surface area contributed by atoms with Crippen molar-refractivity contribution in [2.45, 2.75) is 57.7 Å². The van der Waals surface area contributed by atoms with E-state index >= 15 is 0 Å². The van der Waals surface area contributed by atoms with Gasteiger partial charge in [-0.1, -0.05) is 0 Å². The Morgan fingerprint density at radius 1 is 1.37 bits per heavy atom. The van der Waals surface area contributed by atoms with Gasteiger partial charge in [0.1, 0.15) is 24.0 Å². The standard InChI is InChI=1S/C12H19N3O4/c1-5-15-13-6-7(14-15)8-9-10(11(16-4)17-8)19-12(2,3)18-9/h6,8-11H,5H2,1-4H3/t8-,9-,10-,11-/m1/s1. The molecule has 2 saturated heterocycles. The molecule has 0 N–H and O–H groups in total. The van der Waals surface area contributed by atoms with Gasteiger partial charge in [-0.3, -0.25) is 0 Å². The van der Waals surface area contributed by atoms with Gasteiger partial charge < -0.3 is 18.9 Å². The van der Waals surface area contributed by atoms with Crippen molar-refractivity contribution >= 4 is 0 Å². The average molecular weight is 269 g/mol. The van der Waals surface area contributed by atoms with Crippen LogP contribution in [0.3, 0.4) is 0 Å². The lowest BCUT2D eigenvalue weighted by Crippen LogP contribution is -2.30. The van der Waals surface area contributed by atoms with Crippen LogP contribution in [-0.2, 0) is 25.5 Å². The average Bonchev–Trinajstić information content (AvgIpc) is 3.01. The fraction of sp³-hybridized carbons (Fsp3) is 0.833. The maximum absolute atomic E-state index is 5.91. The van der Waals surface area contributed by atoms with Crippen molar-refractivity contribution < 1.29 is 18.9 Å². The van der Waals surface area contributed by atoms with E-state index in [2.05, 4.69) is 10.2 Å². The maximum atomic E-state index is 5.91. The predicted molar refractivity (Wildman–Crippen MR) is 64.1 cm³/mol. The van der Waals surface area contributed by atoms with Gasteiger partial charge in [0.05, 0.1) is 12.7 Å². The molecule has 106 valence electrons. The van der Waals surface area contributed by atoms with Gasteiger partial charge in [-0.2, -0.15) is 15.0 Å². The molecule has 0 bridgehead atoms. The van der Waals surface area contributed by atoms with Crippen LogP contribution in [0.25, 0.3) is 0 Å². The van der Waals surface area contributed by atoms with Gasteiger partial charge in [-0.15, -0.1) is 0 Å². The van der Waals surface area contributed by atoms with Gasteiger partial charge in [0, 0.05) is 7.11 Å². The SMILES string of the molecule is CCn1ncc([C@H]2O[C@@H](OC)[C@@H]3OC(C)(C)O[C@@H]32)n1. The van der Waals surface area contributed by atoms with Crippen molar-refractivity contribution in [3.8, 4) is 0 Å². The van der Waals surface area contributed by atoms with Gasteiger partial charge >= 0.3 is 0 Å². The molecule has 3 rings (SSSR count). The van der Waals surface area contributed by atoms with Crippen LogP contribution in [0.15, 0.2) is 6.20 Å². The third kappa shape index (κ3) is 2.16. The Kier molecular flexibility index (Phi) is 3.09. The van der Waals surface area contributed by atoms with E-state index in [1.54, 1.807) is 18.1 Å². The van der Waals surface area contributed by atoms with Crippen LogP contribution < -0.4 is 0 Å². The summed E-state index contributed by atoms with van der Waals surface area (Å²) in [5.74, 6) is -0.630. The zero-order chi connectivity index (χ0) is 13.6. The Balaban J connectivity index is 1.86. The lowest BCUT2D eigenvalue weighted by Gasteiger charge is -2.22. The minimum atomic E-state index is -0.630. The molecule has 2 aliphatic rings. The second-order valence-corrected chi connectivity index (χ2v) is 5.18. The molecule has 0 aromatic carbocycles. The second kappa shape index (κ2) is 4.52. The first-order valence-electron chi connectivity index (χ1n) is 6.48. The molecule has 1 aromatic heterocycles. The third-order valence-electron chi connectivity index (χ3n) is 3.37. The number of fused-ring (bicyclic) bond motifs is 1. The van der Waals surface area contributed by atoms with E-state index in [9.17, 15) is 0 Å². The molecule has 0 amide bonds. The summed E-state index contributed by atoms with van der Waals surface area (Å²) >= 11 is 0. The van der Waals surface area contributed by atoms with Crippen LogP contribution in [0, 0.1) is 0 Å². The van der Waals surface area contributed by atoms with Gasteiger partial charge in [0.25, 0.3) is 0 Å². The number of methoxy groups -OCH3 is 1. The topological polar surface area (TPSA) is 67.6 Å². The van der Waals surface area contributed by atoms with E-state index < -0.39 is 12.1 Å². The molecule has 0 spiro atoms. The Hall–Kier alpha value is -1.02. The minimum absolute atomic E-state index is 0.220. The van der Waals surface area contributed by atoms with E-state index in [0.29, 0.717) is 0 Å². The summed E-state index contributed by atoms with van der Waals surface area (Å²) in [6.07, 6.45) is 0.497. The molecule has 2 fully saturated rings. The zero-order valence-electron chi connectivity index (χ0n) is 11.6. The molecule has 0 aliphatic carbocycles. The summed E-state index contributed by atoms with van der Waals surface area (Å²) in [6, 6.07) is 0. The molecule has 0 radical (unpaired) electrons. The molecular formula is C12H19N3O4. The van der Waals surface area contributed by atoms with E-state index in [1.807, 2.05) is 20.8 Å². The normalized spacial score (nSPS) is 36.6. The Morgan fingerprint density at radius 2 is 2.11 bits per heavy atom. The van der Waals surface area contributed by atoms with Crippen molar-refractivity contribution in [3.63, 3.8) is 0 Å². The highest BCUT2D eigenvalue weighted by Gasteiger charge is 2.56. The summed E-state index contributed by atoms with van der Waals surface area (Å²) in [7, 11) is 1.60. The Labute approximate surface area is 111 Å². The van der Waals surface area contributed by atoms with E-state index in [4.69, 9.17) is 18.9 Å². The summed E-state index contributed by atoms with van der Waals surface area (Å²) < 4.78 is 22.9. The quantitative estimate of drug-likeness (QED) is 0.811. The molecule has 7 nitrogen and oxygen atoms in total. The fourth-order valence-electron chi connectivity index (χ4n) is 2.58. The van der Waals surface area contributed by atoms with Gasteiger partial charge in [0.2, 0.25) is 0 Å². The highest BCUT2D eigenvalue weighted by molar-refractivity contribution is 5.08. The smallest absolute Gasteiger partial charge is 0.187 e. The monoisotopic (exact) mass is 269 g/mol. The van der Waals surface area contributed by atoms with Gasteiger partial charge in [0.15, 0.2) is 12.1 Å². The number of aromatic nitrogens is 3. The zero-order valence-corrected chi connectivity index (χ0v) is 11.6. The summed E-state index contributed by atoms with van der Waals surface area (Å²) in [6.45, 7) is 6.48. The van der Waals surface area contributed by atoms with Crippen LogP contribution in [-0.4, -0.2) is 46.4 Å². The number of hydrogen-bond donors (Lipinski definition) is 0. The molecule has 3 heterocycles. The van der Waals surface area contributed by atoms with Crippen LogP contribution >= 0.6 is 0 Å². The lowest BCUT2D eigenvalue weighted by atomic mass is 10.1. The second-order valence-electron chi connectivity index (χ2n) is 5.18. The van der Waals surface area contributed by atoms with E-state index in [-0.39, 0.29) is 18.3 Å². The van der Waals surface area contributed by atoms with Crippen molar-refractivity contribution in [3.05, 3.63) is 11.9 Å². The van der Waals surface area contributed by atoms with Crippen LogP contribution in [0.1, 0.15) is 32.6 Å². The fourth-order valence-corrected chi connectivity index (χ4v) is 2.58. The largest absolute Gasteiger partial charge is 0.353 e. The first-order chi connectivity index (χ1) is 9.04. The third-order valence-corrected chi connectivity index (χ3v) is 3.37. The molecule has 0 unspecified atom stereocenters. The van der Waals surface area contributed by atoms with Crippen molar-refractivity contribution in [1.29, 1.82) is 0 Å².